The second-order valence-electron chi connectivity index (χ2n) is 22.2. The number of nitrogens with zero attached hydrogens (tertiary/aromatic N) is 5. The van der Waals surface area contributed by atoms with Crippen molar-refractivity contribution in [3.63, 3.8) is 0 Å². The maximum Gasteiger partial charge on any atom is 0.255 e. The molecule has 25 heteroatoms. The van der Waals surface area contributed by atoms with Gasteiger partial charge in [0, 0.05) is 60.1 Å². The van der Waals surface area contributed by atoms with Crippen molar-refractivity contribution in [2.45, 2.75) is 66.2 Å². The summed E-state index contributed by atoms with van der Waals surface area (Å²) < 4.78 is 64.3. The summed E-state index contributed by atoms with van der Waals surface area (Å²) in [6, 6.07) is 25.2. The molecule has 8 rings (SSSR count). The molecule has 83 heavy (non-hydrogen) atoms. The van der Waals surface area contributed by atoms with Crippen LogP contribution in [0.5, 0.6) is 11.5 Å². The highest BCUT2D eigenvalue weighted by Gasteiger charge is 2.26. The normalized spacial score (nSPS) is 13.4. The van der Waals surface area contributed by atoms with E-state index >= 15 is 0 Å². The monoisotopic (exact) mass is 1190 g/mol. The number of benzene rings is 4. The van der Waals surface area contributed by atoms with E-state index in [0.29, 0.717) is 27.7 Å². The molecule has 0 fully saturated rings. The molecule has 6 aromatic rings. The fourth-order valence-corrected chi connectivity index (χ4v) is 9.71. The van der Waals surface area contributed by atoms with E-state index < -0.39 is 20.0 Å². The molecule has 0 aliphatic carbocycles. The van der Waals surface area contributed by atoms with Crippen LogP contribution in [0.4, 0.5) is 39.9 Å². The van der Waals surface area contributed by atoms with Gasteiger partial charge in [-0.1, -0.05) is 65.3 Å². The molecule has 0 spiro atoms. The highest BCUT2D eigenvalue weighted by molar-refractivity contribution is 7.92. The minimum absolute atomic E-state index is 0.212. The summed E-state index contributed by atoms with van der Waals surface area (Å²) in [6.45, 7) is 17.6. The number of halogens is 1. The Bertz CT molecular complexity index is 3680. The van der Waals surface area contributed by atoms with Gasteiger partial charge in [0.15, 0.2) is 11.5 Å². The van der Waals surface area contributed by atoms with E-state index in [2.05, 4.69) is 62.2 Å². The van der Waals surface area contributed by atoms with Gasteiger partial charge in [0.2, 0.25) is 20.0 Å². The van der Waals surface area contributed by atoms with E-state index in [1.807, 2.05) is 112 Å². The molecule has 9 N–H and O–H groups in total. The quantitative estimate of drug-likeness (QED) is 0.0364. The van der Waals surface area contributed by atoms with Gasteiger partial charge in [0.05, 0.1) is 72.2 Å². The second-order valence-corrected chi connectivity index (χ2v) is 26.1. The molecule has 0 radical (unpaired) electrons. The number of ether oxygens (including phenoxy) is 2. The van der Waals surface area contributed by atoms with Gasteiger partial charge in [-0.25, -0.2) is 26.8 Å². The molecule has 2 amide bonds. The number of pyridine rings is 2. The number of anilines is 7. The van der Waals surface area contributed by atoms with Crippen molar-refractivity contribution < 1.29 is 35.9 Å². The summed E-state index contributed by atoms with van der Waals surface area (Å²) >= 11 is 5.90. The van der Waals surface area contributed by atoms with Gasteiger partial charge >= 0.3 is 0 Å². The van der Waals surface area contributed by atoms with Crippen molar-refractivity contribution in [2.24, 2.45) is 0 Å². The average molecular weight is 1190 g/mol. The number of aryl methyl sites for hydroxylation is 2. The maximum absolute atomic E-state index is 13.6. The summed E-state index contributed by atoms with van der Waals surface area (Å²) in [6.07, 6.45) is 9.35. The zero-order valence-corrected chi connectivity index (χ0v) is 51.4. The van der Waals surface area contributed by atoms with Crippen LogP contribution >= 0.6 is 11.6 Å². The predicted octanol–water partition coefficient (Wildman–Crippen LogP) is 8.92. The zero-order chi connectivity index (χ0) is 60.8. The van der Waals surface area contributed by atoms with Gasteiger partial charge in [-0.15, -0.1) is 11.1 Å². The number of hydrogen-bond acceptors (Lipinski definition) is 18. The second kappa shape index (κ2) is 25.6. The molecule has 4 heterocycles. The number of nitrogens with one attached hydrogen (secondary N) is 9. The number of sulfonamides is 2. The number of aromatic nitrogens is 2. The highest BCUT2D eigenvalue weighted by atomic mass is 35.5. The first-order valence-corrected chi connectivity index (χ1v) is 30.3. The standard InChI is InChI=1S/C31H42N8O4S.C27H31ClN6O4S/c1-20-9-10-21(30(40)34-24-16-23(31(2,3)4)17-25(29(24)43-7)36-44(8,41)42)15-27(20)39-19-26(35-37-39)22-11-12-28(33-18-22)32-13-14-38(5)6;1-16-7-8-17(11-23(16)34-15-22(31-33-34)18-9-10-24(28)29-14-18)26(35)30-20-12-19(27(2,3)4)13-21(25(20)38-5)32-39(6,36)37/h9-12,15-19,35-37H,13-14H2,1-8H3,(H,32,33)(H,34,40);7-15,31-33H,1-6H3,(H,30,35). The zero-order valence-electron chi connectivity index (χ0n) is 49.0. The molecule has 4 aromatic carbocycles. The fourth-order valence-electron chi connectivity index (χ4n) is 8.49. The molecule has 0 bridgehead atoms. The number of amides is 2. The molecular weight excluding hydrogens is 1120 g/mol. The molecule has 442 valence electrons. The van der Waals surface area contributed by atoms with E-state index in [4.69, 9.17) is 21.1 Å². The lowest BCUT2D eigenvalue weighted by atomic mass is 9.86. The van der Waals surface area contributed by atoms with Crippen molar-refractivity contribution in [3.8, 4) is 11.5 Å². The van der Waals surface area contributed by atoms with Crippen molar-refractivity contribution in [2.75, 3.05) is 89.3 Å². The number of hydrazine groups is 4. The number of likely N-dealkylation sites (N-methyl/N-ethyl adjacent to an activating group) is 1. The molecular formula is C58H73ClN14O8S2. The predicted molar refractivity (Wildman–Crippen MR) is 333 cm³/mol. The number of carbonyl (C=O) groups is 2. The van der Waals surface area contributed by atoms with Crippen molar-refractivity contribution in [1.29, 1.82) is 0 Å². The van der Waals surface area contributed by atoms with Crippen LogP contribution in [-0.2, 0) is 30.9 Å². The Balaban J connectivity index is 0.000000240. The summed E-state index contributed by atoms with van der Waals surface area (Å²) in [5.41, 5.74) is 22.2. The number of rotatable bonds is 18. The SMILES string of the molecule is COc1c(NC(=O)c2ccc(C)c(N3C=C(c4ccc(Cl)nc4)NN3)c2)cc(C(C)(C)C)cc1NS(C)(=O)=O.COc1c(NC(=O)c2ccc(C)c(N3C=C(c4ccc(NCCN(C)C)nc4)NN3)c2)cc(C(C)(C)C)cc1NS(C)(=O)=O. The van der Waals surface area contributed by atoms with Crippen LogP contribution in [0.2, 0.25) is 5.15 Å². The molecule has 0 unspecified atom stereocenters. The van der Waals surface area contributed by atoms with Gasteiger partial charge in [0.25, 0.3) is 11.8 Å². The van der Waals surface area contributed by atoms with Crippen molar-refractivity contribution >= 4 is 94.8 Å². The largest absolute Gasteiger partial charge is 0.492 e. The molecule has 0 saturated heterocycles. The molecule has 2 aliphatic heterocycles. The van der Waals surface area contributed by atoms with Gasteiger partial charge in [0.1, 0.15) is 11.0 Å². The van der Waals surface area contributed by atoms with Crippen LogP contribution in [0.25, 0.3) is 11.4 Å². The maximum atomic E-state index is 13.6. The lowest BCUT2D eigenvalue weighted by Crippen LogP contribution is -2.36. The molecule has 2 aromatic heterocycles. The fraction of sp³-hybridized carbons (Fsp3) is 0.310. The third kappa shape index (κ3) is 16.5. The minimum atomic E-state index is -3.60. The number of carbonyl (C=O) groups excluding carboxylic acids is 2. The topological polar surface area (TPSA) is 265 Å². The van der Waals surface area contributed by atoms with Gasteiger partial charge in [-0.3, -0.25) is 29.1 Å². The van der Waals surface area contributed by atoms with Crippen LogP contribution in [0.15, 0.2) is 110 Å². The Morgan fingerprint density at radius 1 is 0.614 bits per heavy atom. The number of methoxy groups -OCH3 is 2. The van der Waals surface area contributed by atoms with Gasteiger partial charge in [-0.2, -0.15) is 0 Å². The molecule has 2 aliphatic rings. The van der Waals surface area contributed by atoms with Crippen molar-refractivity contribution in [3.05, 3.63) is 159 Å². The summed E-state index contributed by atoms with van der Waals surface area (Å²) in [4.78, 5) is 37.7. The Hall–Kier alpha value is -8.13. The summed E-state index contributed by atoms with van der Waals surface area (Å²) in [5.74, 6) is 0.471. The Kier molecular flexibility index (Phi) is 19.2. The Morgan fingerprint density at radius 2 is 1.04 bits per heavy atom. The van der Waals surface area contributed by atoms with E-state index in [0.717, 1.165) is 87.6 Å². The van der Waals surface area contributed by atoms with Gasteiger partial charge in [-0.05, 0) is 134 Å². The van der Waals surface area contributed by atoms with E-state index in [-0.39, 0.29) is 45.5 Å². The van der Waals surface area contributed by atoms with Crippen LogP contribution < -0.4 is 66.8 Å². The van der Waals surface area contributed by atoms with E-state index in [1.165, 1.54) is 14.2 Å². The van der Waals surface area contributed by atoms with Crippen molar-refractivity contribution in [1.82, 2.24) is 36.8 Å². The first kappa shape index (κ1) is 62.5. The lowest BCUT2D eigenvalue weighted by molar-refractivity contribution is 0.101. The molecule has 22 nitrogen and oxygen atoms in total. The van der Waals surface area contributed by atoms with Crippen LogP contribution in [0, 0.1) is 13.8 Å². The van der Waals surface area contributed by atoms with Crippen LogP contribution in [0.1, 0.15) is 95.6 Å². The minimum Gasteiger partial charge on any atom is -0.492 e. The smallest absolute Gasteiger partial charge is 0.255 e. The molecule has 0 atom stereocenters. The van der Waals surface area contributed by atoms with Crippen LogP contribution in [-0.4, -0.2) is 97.4 Å². The van der Waals surface area contributed by atoms with Gasteiger partial charge < -0.3 is 41.2 Å². The average Bonchev–Trinajstić information content (AvgIpc) is 4.27. The summed E-state index contributed by atoms with van der Waals surface area (Å²) in [7, 11) is -0.285. The highest BCUT2D eigenvalue weighted by Crippen LogP contribution is 2.41. The van der Waals surface area contributed by atoms with Crippen LogP contribution in [0.3, 0.4) is 0 Å². The van der Waals surface area contributed by atoms with E-state index in [9.17, 15) is 26.4 Å². The third-order valence-corrected chi connectivity index (χ3v) is 14.4. The Labute approximate surface area is 491 Å². The molecule has 0 saturated carbocycles. The first-order valence-electron chi connectivity index (χ1n) is 26.2. The summed E-state index contributed by atoms with van der Waals surface area (Å²) in [5, 5.41) is 13.1. The first-order chi connectivity index (χ1) is 38.9. The number of hydrogen-bond donors (Lipinski definition) is 9. The lowest BCUT2D eigenvalue weighted by Gasteiger charge is -2.24. The van der Waals surface area contributed by atoms with E-state index in [1.54, 1.807) is 77.0 Å². The Morgan fingerprint density at radius 3 is 1.40 bits per heavy atom. The third-order valence-electron chi connectivity index (χ3n) is 13.0.